The normalized spacial score (nSPS) is 15.6. The van der Waals surface area contributed by atoms with Gasteiger partial charge < -0.3 is 20.5 Å². The molecule has 3 aromatic carbocycles. The van der Waals surface area contributed by atoms with Crippen LogP contribution in [0.15, 0.2) is 88.8 Å². The number of hydrogen-bond acceptors (Lipinski definition) is 6. The molecular formula is C26H25N5O3. The Hall–Kier alpha value is -4.46. The number of anilines is 1. The van der Waals surface area contributed by atoms with Crippen LogP contribution in [0.25, 0.3) is 0 Å². The third kappa shape index (κ3) is 5.29. The minimum absolute atomic E-state index is 0.00784. The number of nitrogens with zero attached hydrogens (tertiary/aromatic N) is 2. The molecule has 172 valence electrons. The van der Waals surface area contributed by atoms with Crippen molar-refractivity contribution in [3.63, 3.8) is 0 Å². The molecule has 4 rings (SSSR count). The monoisotopic (exact) mass is 455 g/mol. The van der Waals surface area contributed by atoms with Crippen molar-refractivity contribution in [2.24, 2.45) is 15.7 Å². The van der Waals surface area contributed by atoms with Gasteiger partial charge in [0, 0.05) is 16.7 Å². The van der Waals surface area contributed by atoms with Gasteiger partial charge in [-0.3, -0.25) is 10.2 Å². The van der Waals surface area contributed by atoms with Gasteiger partial charge in [0.05, 0.1) is 17.5 Å². The fraction of sp³-hybridized carbons (Fsp3) is 0.154. The SMILES string of the molecule is CC(C)Oc1cccc(C(=N)O/C(N)=N/C2N=C(c3ccccc3)c3ccccc3NC2=O)c1. The summed E-state index contributed by atoms with van der Waals surface area (Å²) in [5.74, 6) is -0.0711. The van der Waals surface area contributed by atoms with Gasteiger partial charge >= 0.3 is 0 Å². The van der Waals surface area contributed by atoms with E-state index in [0.717, 1.165) is 11.1 Å². The Morgan fingerprint density at radius 1 is 1.06 bits per heavy atom. The van der Waals surface area contributed by atoms with Gasteiger partial charge in [-0.1, -0.05) is 54.6 Å². The second-order valence-electron chi connectivity index (χ2n) is 7.85. The third-order valence-corrected chi connectivity index (χ3v) is 4.90. The Labute approximate surface area is 197 Å². The predicted molar refractivity (Wildman–Crippen MR) is 133 cm³/mol. The average molecular weight is 456 g/mol. The van der Waals surface area contributed by atoms with Gasteiger partial charge in [0.25, 0.3) is 11.9 Å². The summed E-state index contributed by atoms with van der Waals surface area (Å²) >= 11 is 0. The van der Waals surface area contributed by atoms with Crippen LogP contribution in [0, 0.1) is 5.41 Å². The quantitative estimate of drug-likeness (QED) is 0.398. The molecule has 0 saturated heterocycles. The summed E-state index contributed by atoms with van der Waals surface area (Å²) in [6.45, 7) is 3.83. The van der Waals surface area contributed by atoms with Crippen LogP contribution in [0.2, 0.25) is 0 Å². The van der Waals surface area contributed by atoms with Gasteiger partial charge in [-0.25, -0.2) is 4.99 Å². The van der Waals surface area contributed by atoms with Crippen molar-refractivity contribution in [2.75, 3.05) is 5.32 Å². The predicted octanol–water partition coefficient (Wildman–Crippen LogP) is 3.95. The van der Waals surface area contributed by atoms with E-state index in [4.69, 9.17) is 20.6 Å². The number of rotatable bonds is 5. The Kier molecular flexibility index (Phi) is 6.68. The van der Waals surface area contributed by atoms with Crippen molar-refractivity contribution < 1.29 is 14.3 Å². The highest BCUT2D eigenvalue weighted by Gasteiger charge is 2.26. The molecule has 1 atom stereocenters. The zero-order valence-corrected chi connectivity index (χ0v) is 18.9. The molecule has 0 radical (unpaired) electrons. The first kappa shape index (κ1) is 22.7. The van der Waals surface area contributed by atoms with E-state index < -0.39 is 12.1 Å². The molecule has 4 N–H and O–H groups in total. The van der Waals surface area contributed by atoms with Gasteiger partial charge in [0.15, 0.2) is 0 Å². The molecule has 0 aromatic heterocycles. The number of carbonyl (C=O) groups excluding carboxylic acids is 1. The van der Waals surface area contributed by atoms with Gasteiger partial charge in [-0.2, -0.15) is 4.99 Å². The molecule has 1 amide bonds. The second-order valence-corrected chi connectivity index (χ2v) is 7.85. The summed E-state index contributed by atoms with van der Waals surface area (Å²) in [5, 5.41) is 11.1. The van der Waals surface area contributed by atoms with E-state index in [1.165, 1.54) is 0 Å². The van der Waals surface area contributed by atoms with Crippen molar-refractivity contribution in [3.05, 3.63) is 95.6 Å². The summed E-state index contributed by atoms with van der Waals surface area (Å²) in [5.41, 5.74) is 9.27. The number of para-hydroxylation sites is 1. The second kappa shape index (κ2) is 9.99. The molecule has 0 bridgehead atoms. The molecule has 3 aromatic rings. The lowest BCUT2D eigenvalue weighted by Crippen LogP contribution is -2.29. The smallest absolute Gasteiger partial charge is 0.291 e. The third-order valence-electron chi connectivity index (χ3n) is 4.90. The Morgan fingerprint density at radius 3 is 2.56 bits per heavy atom. The van der Waals surface area contributed by atoms with Crippen LogP contribution in [-0.2, 0) is 9.53 Å². The maximum absolute atomic E-state index is 12.9. The molecule has 1 heterocycles. The van der Waals surface area contributed by atoms with E-state index in [9.17, 15) is 4.79 Å². The van der Waals surface area contributed by atoms with Crippen LogP contribution < -0.4 is 15.8 Å². The maximum atomic E-state index is 12.9. The van der Waals surface area contributed by atoms with E-state index in [0.29, 0.717) is 22.7 Å². The molecule has 8 heteroatoms. The van der Waals surface area contributed by atoms with Crippen LogP contribution in [0.1, 0.15) is 30.5 Å². The number of hydrogen-bond donors (Lipinski definition) is 3. The Morgan fingerprint density at radius 2 is 1.79 bits per heavy atom. The number of amidine groups is 1. The van der Waals surface area contributed by atoms with E-state index in [1.807, 2.05) is 62.4 Å². The zero-order chi connectivity index (χ0) is 24.1. The van der Waals surface area contributed by atoms with Crippen LogP contribution in [0.5, 0.6) is 5.75 Å². The number of nitrogens with two attached hydrogens (primary N) is 1. The van der Waals surface area contributed by atoms with Crippen LogP contribution in [0.4, 0.5) is 5.69 Å². The number of benzene rings is 3. The minimum atomic E-state index is -1.19. The highest BCUT2D eigenvalue weighted by atomic mass is 16.5. The first-order valence-corrected chi connectivity index (χ1v) is 10.8. The van der Waals surface area contributed by atoms with E-state index in [1.54, 1.807) is 30.3 Å². The molecular weight excluding hydrogens is 430 g/mol. The van der Waals surface area contributed by atoms with E-state index >= 15 is 0 Å². The highest BCUT2D eigenvalue weighted by Crippen LogP contribution is 2.24. The lowest BCUT2D eigenvalue weighted by molar-refractivity contribution is -0.117. The fourth-order valence-electron chi connectivity index (χ4n) is 3.45. The molecule has 1 aliphatic heterocycles. The molecule has 0 spiro atoms. The highest BCUT2D eigenvalue weighted by molar-refractivity contribution is 6.19. The lowest BCUT2D eigenvalue weighted by Gasteiger charge is -2.12. The minimum Gasteiger partial charge on any atom is -0.491 e. The number of carbonyl (C=O) groups is 1. The topological polar surface area (TPSA) is 122 Å². The first-order chi connectivity index (χ1) is 16.4. The summed E-state index contributed by atoms with van der Waals surface area (Å²) in [4.78, 5) is 21.7. The molecule has 1 unspecified atom stereocenters. The Bertz CT molecular complexity index is 1270. The number of nitrogens with one attached hydrogen (secondary N) is 2. The number of fused-ring (bicyclic) bond motifs is 1. The molecule has 34 heavy (non-hydrogen) atoms. The zero-order valence-electron chi connectivity index (χ0n) is 18.9. The first-order valence-electron chi connectivity index (χ1n) is 10.8. The number of benzodiazepines with no additional fused rings is 1. The van der Waals surface area contributed by atoms with Crippen molar-refractivity contribution in [2.45, 2.75) is 26.1 Å². The van der Waals surface area contributed by atoms with Crippen molar-refractivity contribution >= 4 is 29.2 Å². The van der Waals surface area contributed by atoms with Gasteiger partial charge in [-0.15, -0.1) is 0 Å². The van der Waals surface area contributed by atoms with Crippen molar-refractivity contribution in [1.29, 1.82) is 5.41 Å². The lowest BCUT2D eigenvalue weighted by atomic mass is 10.0. The van der Waals surface area contributed by atoms with Gasteiger partial charge in [0.1, 0.15) is 5.75 Å². The van der Waals surface area contributed by atoms with E-state index in [2.05, 4.69) is 15.3 Å². The summed E-state index contributed by atoms with van der Waals surface area (Å²) in [6, 6.07) is 23.5. The molecule has 0 aliphatic carbocycles. The van der Waals surface area contributed by atoms with Crippen molar-refractivity contribution in [1.82, 2.24) is 0 Å². The summed E-state index contributed by atoms with van der Waals surface area (Å²) < 4.78 is 11.1. The van der Waals surface area contributed by atoms with Crippen molar-refractivity contribution in [3.8, 4) is 5.75 Å². The average Bonchev–Trinajstić information content (AvgIpc) is 2.95. The van der Waals surface area contributed by atoms with Crippen LogP contribution >= 0.6 is 0 Å². The largest absolute Gasteiger partial charge is 0.491 e. The standard InChI is InChI=1S/C26H25N5O3/c1-16(2)33-19-12-8-11-18(15-19)23(27)34-26(28)31-24-25(32)29-21-14-7-6-13-20(21)22(30-24)17-9-4-3-5-10-17/h3-16,24,27H,1-2H3,(H2,28,31)(H,29,32). The maximum Gasteiger partial charge on any atom is 0.291 e. The summed E-state index contributed by atoms with van der Waals surface area (Å²) in [7, 11) is 0. The summed E-state index contributed by atoms with van der Waals surface area (Å²) in [6.07, 6.45) is -1.20. The number of amides is 1. The number of aliphatic imine (C=N–C) groups is 2. The van der Waals surface area contributed by atoms with Gasteiger partial charge in [-0.05, 0) is 38.1 Å². The molecule has 8 nitrogen and oxygen atoms in total. The molecule has 0 saturated carbocycles. The van der Waals surface area contributed by atoms with Crippen LogP contribution in [0.3, 0.4) is 0 Å². The fourth-order valence-corrected chi connectivity index (χ4v) is 3.45. The molecule has 1 aliphatic rings. The van der Waals surface area contributed by atoms with E-state index in [-0.39, 0.29) is 18.0 Å². The van der Waals surface area contributed by atoms with Gasteiger partial charge in [0.2, 0.25) is 12.1 Å². The molecule has 0 fully saturated rings. The number of ether oxygens (including phenoxy) is 2. The van der Waals surface area contributed by atoms with Crippen LogP contribution in [-0.4, -0.2) is 35.8 Å². The Balaban J connectivity index is 1.61.